The summed E-state index contributed by atoms with van der Waals surface area (Å²) in [6, 6.07) is 28.0. The number of hydrogen-bond acceptors (Lipinski definition) is 5. The average molecular weight is 421 g/mol. The second-order valence-electron chi connectivity index (χ2n) is 7.87. The zero-order valence-corrected chi connectivity index (χ0v) is 17.7. The second kappa shape index (κ2) is 8.91. The lowest BCUT2D eigenvalue weighted by Crippen LogP contribution is -2.69. The van der Waals surface area contributed by atoms with Gasteiger partial charge in [0, 0.05) is 26.2 Å². The van der Waals surface area contributed by atoms with E-state index in [2.05, 4.69) is 0 Å². The van der Waals surface area contributed by atoms with Crippen molar-refractivity contribution in [1.29, 1.82) is 0 Å². The van der Waals surface area contributed by atoms with Gasteiger partial charge in [-0.15, -0.1) is 0 Å². The minimum Gasteiger partial charge on any atom is -0.379 e. The van der Waals surface area contributed by atoms with E-state index in [4.69, 9.17) is 14.2 Å². The van der Waals surface area contributed by atoms with Crippen LogP contribution in [0.4, 0.5) is 0 Å². The number of ether oxygens (including phenoxy) is 3. The predicted molar refractivity (Wildman–Crippen MR) is 117 cm³/mol. The molecule has 2 N–H and O–H groups in total. The molecule has 0 unspecified atom stereocenters. The summed E-state index contributed by atoms with van der Waals surface area (Å²) in [5.41, 5.74) is 0.428. The molecule has 1 aliphatic heterocycles. The third-order valence-electron chi connectivity index (χ3n) is 6.05. The Bertz CT molecular complexity index is 965. The summed E-state index contributed by atoms with van der Waals surface area (Å²) < 4.78 is 17.9. The molecular weight excluding hydrogens is 392 g/mol. The van der Waals surface area contributed by atoms with Gasteiger partial charge < -0.3 is 24.4 Å². The van der Waals surface area contributed by atoms with Crippen LogP contribution in [-0.2, 0) is 32.0 Å². The molecule has 3 aromatic carbocycles. The Morgan fingerprint density at radius 2 is 1.26 bits per heavy atom. The van der Waals surface area contributed by atoms with Gasteiger partial charge >= 0.3 is 0 Å². The molecule has 1 heterocycles. The Morgan fingerprint density at radius 3 is 1.77 bits per heavy atom. The van der Waals surface area contributed by atoms with E-state index in [1.165, 1.54) is 7.11 Å². The second-order valence-corrected chi connectivity index (χ2v) is 7.87. The maximum absolute atomic E-state index is 12.2. The quantitative estimate of drug-likeness (QED) is 0.640. The smallest absolute Gasteiger partial charge is 0.223 e. The third-order valence-corrected chi connectivity index (χ3v) is 6.05. The van der Waals surface area contributed by atoms with Gasteiger partial charge in [0.05, 0.1) is 6.10 Å². The molecular formula is C26H28O5. The van der Waals surface area contributed by atoms with E-state index in [0.717, 1.165) is 5.56 Å². The zero-order valence-electron chi connectivity index (χ0n) is 17.7. The molecule has 0 saturated carbocycles. The summed E-state index contributed by atoms with van der Waals surface area (Å²) in [5, 5.41) is 24.1. The lowest BCUT2D eigenvalue weighted by Gasteiger charge is -2.55. The Morgan fingerprint density at radius 1 is 0.742 bits per heavy atom. The van der Waals surface area contributed by atoms with Crippen molar-refractivity contribution < 1.29 is 24.4 Å². The first-order valence-corrected chi connectivity index (χ1v) is 10.4. The summed E-state index contributed by atoms with van der Waals surface area (Å²) in [6.45, 7) is 0. The first-order valence-electron chi connectivity index (χ1n) is 10.4. The lowest BCUT2D eigenvalue weighted by molar-refractivity contribution is -0.391. The van der Waals surface area contributed by atoms with Crippen LogP contribution >= 0.6 is 0 Å². The molecule has 0 amide bonds. The van der Waals surface area contributed by atoms with Crippen molar-refractivity contribution in [2.75, 3.05) is 14.2 Å². The molecule has 0 bridgehead atoms. The molecule has 162 valence electrons. The summed E-state index contributed by atoms with van der Waals surface area (Å²) in [7, 11) is 3.00. The predicted octanol–water partition coefficient (Wildman–Crippen LogP) is 3.39. The van der Waals surface area contributed by atoms with Gasteiger partial charge in [0.2, 0.25) is 5.79 Å². The van der Waals surface area contributed by atoms with Crippen LogP contribution in [0.5, 0.6) is 0 Å². The fourth-order valence-electron chi connectivity index (χ4n) is 4.67. The van der Waals surface area contributed by atoms with Crippen molar-refractivity contribution in [2.45, 2.75) is 36.1 Å². The highest BCUT2D eigenvalue weighted by Gasteiger charge is 2.64. The van der Waals surface area contributed by atoms with E-state index in [1.807, 2.05) is 78.9 Å². The fraction of sp³-hybridized carbons (Fsp3) is 0.308. The molecule has 4 rings (SSSR count). The van der Waals surface area contributed by atoms with Gasteiger partial charge in [-0.1, -0.05) is 91.0 Å². The standard InChI is InChI=1S/C26H28O5/c1-29-23-22(18-19-12-6-3-7-13-19)31-26(28,21-16-10-5-11-17-21)24(30-2)25(23,27)20-14-8-4-9-15-20/h3-17,22-24,27-28H,18H2,1-2H3/t22-,23-,24+,25-,26+/m1/s1. The van der Waals surface area contributed by atoms with Gasteiger partial charge in [-0.25, -0.2) is 0 Å². The van der Waals surface area contributed by atoms with Crippen molar-refractivity contribution >= 4 is 0 Å². The van der Waals surface area contributed by atoms with Crippen molar-refractivity contribution in [1.82, 2.24) is 0 Å². The Kier molecular flexibility index (Phi) is 6.23. The van der Waals surface area contributed by atoms with Crippen LogP contribution < -0.4 is 0 Å². The van der Waals surface area contributed by atoms with Crippen molar-refractivity contribution in [3.8, 4) is 0 Å². The van der Waals surface area contributed by atoms with Gasteiger partial charge in [-0.2, -0.15) is 0 Å². The normalized spacial score (nSPS) is 30.8. The van der Waals surface area contributed by atoms with Gasteiger partial charge in [0.25, 0.3) is 0 Å². The minimum atomic E-state index is -1.89. The van der Waals surface area contributed by atoms with Crippen LogP contribution in [-0.4, -0.2) is 42.7 Å². The van der Waals surface area contributed by atoms with Gasteiger partial charge in [0.15, 0.2) is 6.10 Å². The molecule has 3 aromatic rings. The van der Waals surface area contributed by atoms with E-state index in [9.17, 15) is 10.2 Å². The number of benzene rings is 3. The fourth-order valence-corrected chi connectivity index (χ4v) is 4.67. The van der Waals surface area contributed by atoms with Crippen molar-refractivity contribution in [3.63, 3.8) is 0 Å². The molecule has 1 aliphatic rings. The first kappa shape index (κ1) is 21.7. The van der Waals surface area contributed by atoms with Crippen LogP contribution in [0, 0.1) is 0 Å². The number of methoxy groups -OCH3 is 2. The maximum atomic E-state index is 12.2. The molecule has 0 spiro atoms. The SMILES string of the molecule is CO[C@@H]1[C@@H](Cc2ccccc2)O[C@@](O)(c2ccccc2)[C@@H](OC)[C@@]1(O)c1ccccc1. The summed E-state index contributed by atoms with van der Waals surface area (Å²) in [4.78, 5) is 0. The molecule has 5 heteroatoms. The average Bonchev–Trinajstić information content (AvgIpc) is 2.81. The Labute approximate surface area is 182 Å². The highest BCUT2D eigenvalue weighted by Crippen LogP contribution is 2.49. The molecule has 31 heavy (non-hydrogen) atoms. The van der Waals surface area contributed by atoms with E-state index >= 15 is 0 Å². The molecule has 1 saturated heterocycles. The van der Waals surface area contributed by atoms with Gasteiger partial charge in [-0.05, 0) is 11.1 Å². The largest absolute Gasteiger partial charge is 0.379 e. The number of hydrogen-bond donors (Lipinski definition) is 2. The van der Waals surface area contributed by atoms with Crippen LogP contribution in [0.2, 0.25) is 0 Å². The molecule has 5 atom stereocenters. The van der Waals surface area contributed by atoms with Gasteiger partial charge in [0.1, 0.15) is 11.7 Å². The number of rotatable bonds is 6. The molecule has 1 fully saturated rings. The molecule has 0 aromatic heterocycles. The first-order chi connectivity index (χ1) is 15.0. The highest BCUT2D eigenvalue weighted by atomic mass is 16.7. The summed E-state index contributed by atoms with van der Waals surface area (Å²) in [5.74, 6) is -1.89. The molecule has 0 aliphatic carbocycles. The lowest BCUT2D eigenvalue weighted by atomic mass is 9.72. The Balaban J connectivity index is 1.88. The van der Waals surface area contributed by atoms with Crippen molar-refractivity contribution in [3.05, 3.63) is 108 Å². The van der Waals surface area contributed by atoms with Gasteiger partial charge in [-0.3, -0.25) is 0 Å². The monoisotopic (exact) mass is 420 g/mol. The van der Waals surface area contributed by atoms with Crippen LogP contribution in [0.1, 0.15) is 16.7 Å². The van der Waals surface area contributed by atoms with Crippen molar-refractivity contribution in [2.24, 2.45) is 0 Å². The number of aliphatic hydroxyl groups is 2. The van der Waals surface area contributed by atoms with E-state index in [-0.39, 0.29) is 0 Å². The minimum absolute atomic E-state index is 0.445. The van der Waals surface area contributed by atoms with E-state index < -0.39 is 29.7 Å². The van der Waals surface area contributed by atoms with Crippen LogP contribution in [0.25, 0.3) is 0 Å². The highest BCUT2D eigenvalue weighted by molar-refractivity contribution is 5.33. The van der Waals surface area contributed by atoms with E-state index in [0.29, 0.717) is 17.5 Å². The van der Waals surface area contributed by atoms with Crippen LogP contribution in [0.3, 0.4) is 0 Å². The summed E-state index contributed by atoms with van der Waals surface area (Å²) >= 11 is 0. The van der Waals surface area contributed by atoms with Crippen LogP contribution in [0.15, 0.2) is 91.0 Å². The third kappa shape index (κ3) is 3.80. The van der Waals surface area contributed by atoms with E-state index in [1.54, 1.807) is 19.2 Å². The zero-order chi connectivity index (χ0) is 21.9. The molecule has 5 nitrogen and oxygen atoms in total. The molecule has 0 radical (unpaired) electrons. The summed E-state index contributed by atoms with van der Waals surface area (Å²) in [6.07, 6.45) is -2.12. The maximum Gasteiger partial charge on any atom is 0.223 e. The topological polar surface area (TPSA) is 68.2 Å². The Hall–Kier alpha value is -2.54.